The van der Waals surface area contributed by atoms with Crippen molar-refractivity contribution in [3.63, 3.8) is 0 Å². The normalized spacial score (nSPS) is 10.6. The Hall–Kier alpha value is -2.03. The third-order valence-electron chi connectivity index (χ3n) is 3.20. The molecule has 0 aliphatic carbocycles. The summed E-state index contributed by atoms with van der Waals surface area (Å²) in [6.07, 6.45) is 3.75. The monoisotopic (exact) mass is 441 g/mol. The fraction of sp³-hybridized carbons (Fsp3) is 0.294. The molecular formula is C17H24IN5O. The second-order valence-corrected chi connectivity index (χ2v) is 4.97. The van der Waals surface area contributed by atoms with E-state index < -0.39 is 0 Å². The van der Waals surface area contributed by atoms with Gasteiger partial charge < -0.3 is 21.1 Å². The number of anilines is 2. The predicted molar refractivity (Wildman–Crippen MR) is 110 cm³/mol. The quantitative estimate of drug-likeness (QED) is 0.253. The zero-order chi connectivity index (χ0) is 16.3. The van der Waals surface area contributed by atoms with Gasteiger partial charge in [0.1, 0.15) is 11.6 Å². The Balaban J connectivity index is 0.00000288. The molecule has 0 aliphatic heterocycles. The molecule has 0 radical (unpaired) electrons. The Morgan fingerprint density at radius 1 is 1.17 bits per heavy atom. The minimum absolute atomic E-state index is 0. The van der Waals surface area contributed by atoms with E-state index in [0.717, 1.165) is 36.6 Å². The van der Waals surface area contributed by atoms with Gasteiger partial charge in [0.05, 0.1) is 7.11 Å². The second-order valence-electron chi connectivity index (χ2n) is 4.97. The smallest absolute Gasteiger partial charge is 0.193 e. The van der Waals surface area contributed by atoms with Crippen LogP contribution < -0.4 is 21.1 Å². The van der Waals surface area contributed by atoms with Crippen molar-refractivity contribution in [2.45, 2.75) is 12.8 Å². The van der Waals surface area contributed by atoms with E-state index in [1.54, 1.807) is 13.3 Å². The summed E-state index contributed by atoms with van der Waals surface area (Å²) in [7, 11) is 1.64. The van der Waals surface area contributed by atoms with Gasteiger partial charge in [-0.1, -0.05) is 6.07 Å². The number of rotatable bonds is 8. The molecule has 2 rings (SSSR count). The van der Waals surface area contributed by atoms with E-state index in [-0.39, 0.29) is 24.0 Å². The van der Waals surface area contributed by atoms with Crippen molar-refractivity contribution in [3.8, 4) is 5.75 Å². The maximum atomic E-state index is 5.86. The van der Waals surface area contributed by atoms with Gasteiger partial charge in [0.2, 0.25) is 0 Å². The molecule has 0 spiro atoms. The summed E-state index contributed by atoms with van der Waals surface area (Å²) in [5, 5.41) is 6.32. The van der Waals surface area contributed by atoms with Gasteiger partial charge in [-0.2, -0.15) is 0 Å². The van der Waals surface area contributed by atoms with Crippen molar-refractivity contribution in [2.75, 3.05) is 30.8 Å². The Kier molecular flexibility index (Phi) is 9.59. The van der Waals surface area contributed by atoms with Crippen LogP contribution in [0.15, 0.2) is 53.7 Å². The molecule has 1 aromatic heterocycles. The first-order valence-electron chi connectivity index (χ1n) is 7.64. The Labute approximate surface area is 159 Å². The second kappa shape index (κ2) is 11.5. The van der Waals surface area contributed by atoms with Crippen molar-refractivity contribution in [1.29, 1.82) is 0 Å². The Morgan fingerprint density at radius 2 is 1.96 bits per heavy atom. The maximum absolute atomic E-state index is 5.86. The van der Waals surface area contributed by atoms with Gasteiger partial charge in [-0.3, -0.25) is 4.99 Å². The van der Waals surface area contributed by atoms with Crippen LogP contribution in [0.4, 0.5) is 11.5 Å². The number of pyridine rings is 1. The lowest BCUT2D eigenvalue weighted by molar-refractivity contribution is 0.415. The topological polar surface area (TPSA) is 84.6 Å². The zero-order valence-electron chi connectivity index (χ0n) is 13.7. The summed E-state index contributed by atoms with van der Waals surface area (Å²) in [5.41, 5.74) is 6.76. The van der Waals surface area contributed by atoms with Crippen LogP contribution in [0.25, 0.3) is 0 Å². The molecule has 7 heteroatoms. The van der Waals surface area contributed by atoms with Crippen LogP contribution in [0.5, 0.6) is 5.75 Å². The maximum Gasteiger partial charge on any atom is 0.193 e. The number of aliphatic imine (C=N–C) groups is 1. The van der Waals surface area contributed by atoms with Crippen LogP contribution in [0.3, 0.4) is 0 Å². The zero-order valence-corrected chi connectivity index (χ0v) is 16.1. The van der Waals surface area contributed by atoms with Crippen molar-refractivity contribution in [3.05, 3.63) is 48.7 Å². The largest absolute Gasteiger partial charge is 0.497 e. The van der Waals surface area contributed by atoms with Gasteiger partial charge in [-0.15, -0.1) is 24.0 Å². The fourth-order valence-electron chi connectivity index (χ4n) is 1.98. The summed E-state index contributed by atoms with van der Waals surface area (Å²) >= 11 is 0. The number of benzene rings is 1. The standard InChI is InChI=1S/C17H23N5O.HI/c1-23-15-9-7-14(8-10-15)22-17(18)21-13-5-4-12-20-16-6-2-3-11-19-16;/h2-3,6-11H,4-5,12-13H2,1H3,(H,19,20)(H3,18,21,22);1H. The number of unbranched alkanes of at least 4 members (excludes halogenated alkanes) is 1. The number of nitrogens with zero attached hydrogens (tertiary/aromatic N) is 2. The van der Waals surface area contributed by atoms with E-state index in [2.05, 4.69) is 20.6 Å². The first-order valence-corrected chi connectivity index (χ1v) is 7.64. The third-order valence-corrected chi connectivity index (χ3v) is 3.20. The van der Waals surface area contributed by atoms with Crippen molar-refractivity contribution < 1.29 is 4.74 Å². The molecule has 2 aromatic rings. The molecule has 0 atom stereocenters. The average molecular weight is 441 g/mol. The van der Waals surface area contributed by atoms with Crippen LogP contribution >= 0.6 is 24.0 Å². The molecule has 24 heavy (non-hydrogen) atoms. The molecule has 0 bridgehead atoms. The van der Waals surface area contributed by atoms with Gasteiger partial charge in [0.25, 0.3) is 0 Å². The molecule has 130 valence electrons. The summed E-state index contributed by atoms with van der Waals surface area (Å²) in [4.78, 5) is 8.52. The number of nitrogens with two attached hydrogens (primary N) is 1. The van der Waals surface area contributed by atoms with Gasteiger partial charge in [0.15, 0.2) is 5.96 Å². The lowest BCUT2D eigenvalue weighted by Gasteiger charge is -2.07. The van der Waals surface area contributed by atoms with E-state index in [0.29, 0.717) is 12.5 Å². The highest BCUT2D eigenvalue weighted by atomic mass is 127. The lowest BCUT2D eigenvalue weighted by atomic mass is 10.3. The molecule has 0 unspecified atom stereocenters. The van der Waals surface area contributed by atoms with E-state index in [9.17, 15) is 0 Å². The summed E-state index contributed by atoms with van der Waals surface area (Å²) in [5.74, 6) is 2.14. The van der Waals surface area contributed by atoms with E-state index in [1.807, 2.05) is 42.5 Å². The highest BCUT2D eigenvalue weighted by Gasteiger charge is 1.96. The van der Waals surface area contributed by atoms with E-state index in [4.69, 9.17) is 10.5 Å². The number of hydrogen-bond donors (Lipinski definition) is 3. The molecule has 0 amide bonds. The molecule has 1 heterocycles. The lowest BCUT2D eigenvalue weighted by Crippen LogP contribution is -2.22. The number of guanidine groups is 1. The van der Waals surface area contributed by atoms with Crippen molar-refractivity contribution in [1.82, 2.24) is 4.98 Å². The van der Waals surface area contributed by atoms with Crippen LogP contribution in [0.1, 0.15) is 12.8 Å². The van der Waals surface area contributed by atoms with Crippen molar-refractivity contribution in [2.24, 2.45) is 10.7 Å². The molecule has 0 fully saturated rings. The number of halogens is 1. The minimum Gasteiger partial charge on any atom is -0.497 e. The Bertz CT molecular complexity index is 604. The van der Waals surface area contributed by atoms with Crippen LogP contribution in [0, 0.1) is 0 Å². The fourth-order valence-corrected chi connectivity index (χ4v) is 1.98. The van der Waals surface area contributed by atoms with Gasteiger partial charge in [0, 0.05) is 25.0 Å². The van der Waals surface area contributed by atoms with Gasteiger partial charge in [-0.05, 0) is 49.2 Å². The molecule has 0 saturated carbocycles. The predicted octanol–water partition coefficient (Wildman–Crippen LogP) is 3.33. The Morgan fingerprint density at radius 3 is 2.62 bits per heavy atom. The van der Waals surface area contributed by atoms with Crippen LogP contribution in [-0.4, -0.2) is 31.1 Å². The van der Waals surface area contributed by atoms with Gasteiger partial charge >= 0.3 is 0 Å². The number of nitrogens with one attached hydrogen (secondary N) is 2. The summed E-state index contributed by atoms with van der Waals surface area (Å²) < 4.78 is 5.11. The third kappa shape index (κ3) is 7.49. The molecule has 0 saturated heterocycles. The highest BCUT2D eigenvalue weighted by Crippen LogP contribution is 2.14. The average Bonchev–Trinajstić information content (AvgIpc) is 2.59. The van der Waals surface area contributed by atoms with Crippen LogP contribution in [-0.2, 0) is 0 Å². The van der Waals surface area contributed by atoms with Crippen LogP contribution in [0.2, 0.25) is 0 Å². The molecule has 4 N–H and O–H groups in total. The molecular weight excluding hydrogens is 417 g/mol. The number of hydrogen-bond acceptors (Lipinski definition) is 4. The summed E-state index contributed by atoms with van der Waals surface area (Å²) in [6.45, 7) is 1.57. The molecule has 1 aromatic carbocycles. The summed E-state index contributed by atoms with van der Waals surface area (Å²) in [6, 6.07) is 13.4. The number of methoxy groups -OCH3 is 1. The highest BCUT2D eigenvalue weighted by molar-refractivity contribution is 14.0. The van der Waals surface area contributed by atoms with E-state index >= 15 is 0 Å². The van der Waals surface area contributed by atoms with Crippen molar-refractivity contribution >= 4 is 41.4 Å². The minimum atomic E-state index is 0. The number of aromatic nitrogens is 1. The first-order chi connectivity index (χ1) is 11.3. The SMILES string of the molecule is COc1ccc(NC(N)=NCCCCNc2ccccn2)cc1.I. The first kappa shape index (κ1) is 20.0. The number of ether oxygens (including phenoxy) is 1. The van der Waals surface area contributed by atoms with Gasteiger partial charge in [-0.25, -0.2) is 4.98 Å². The molecule has 0 aliphatic rings. The van der Waals surface area contributed by atoms with E-state index in [1.165, 1.54) is 0 Å². The molecule has 6 nitrogen and oxygen atoms in total.